The highest BCUT2D eigenvalue weighted by Gasteiger charge is 2.16. The third kappa shape index (κ3) is 7.87. The van der Waals surface area contributed by atoms with E-state index in [0.717, 1.165) is 0 Å². The van der Waals surface area contributed by atoms with Crippen LogP contribution in [0.25, 0.3) is 6.08 Å². The molecule has 0 bridgehead atoms. The van der Waals surface area contributed by atoms with E-state index in [1.165, 1.54) is 18.2 Å². The first-order valence-electron chi connectivity index (χ1n) is 12.4. The molecule has 0 saturated carbocycles. The summed E-state index contributed by atoms with van der Waals surface area (Å²) in [6.07, 6.45) is 1.62. The maximum Gasteiger partial charge on any atom is 0.343 e. The average molecular weight is 544 g/mol. The van der Waals surface area contributed by atoms with Crippen LogP contribution in [-0.2, 0) is 14.3 Å². The molecule has 10 heteroatoms. The van der Waals surface area contributed by atoms with E-state index in [0.29, 0.717) is 28.0 Å². The van der Waals surface area contributed by atoms with Crippen LogP contribution >= 0.6 is 0 Å². The molecule has 3 aromatic carbocycles. The van der Waals surface area contributed by atoms with Crippen LogP contribution < -0.4 is 15.8 Å². The van der Waals surface area contributed by atoms with Crippen LogP contribution in [0.3, 0.4) is 0 Å². The first-order chi connectivity index (χ1) is 19.1. The van der Waals surface area contributed by atoms with Gasteiger partial charge in [-0.15, -0.1) is 0 Å². The number of nitrogens with one attached hydrogen (secondary N) is 2. The molecule has 0 atom stereocenters. The molecule has 0 aromatic heterocycles. The number of benzene rings is 3. The van der Waals surface area contributed by atoms with E-state index in [-0.39, 0.29) is 35.9 Å². The second kappa shape index (κ2) is 13.5. The summed E-state index contributed by atoms with van der Waals surface area (Å²) in [5.74, 6) is -2.08. The lowest BCUT2D eigenvalue weighted by molar-refractivity contribution is -0.112. The summed E-state index contributed by atoms with van der Waals surface area (Å²) in [4.78, 5) is 49.9. The molecular formula is C30H29N3O7. The fourth-order valence-electron chi connectivity index (χ4n) is 3.49. The molecule has 0 aliphatic rings. The van der Waals surface area contributed by atoms with Gasteiger partial charge >= 0.3 is 17.9 Å². The molecule has 1 amide bonds. The lowest BCUT2D eigenvalue weighted by Crippen LogP contribution is -2.15. The summed E-state index contributed by atoms with van der Waals surface area (Å²) in [5, 5.41) is 10.1. The number of carbonyl (C=O) groups excluding carboxylic acids is 4. The van der Waals surface area contributed by atoms with Crippen molar-refractivity contribution in [3.05, 3.63) is 100 Å². The highest BCUT2D eigenvalue weighted by atomic mass is 16.5. The number of hydrogen-bond acceptors (Lipinski definition) is 8. The molecule has 0 saturated heterocycles. The van der Waals surface area contributed by atoms with Gasteiger partial charge in [-0.3, -0.25) is 10.2 Å². The van der Waals surface area contributed by atoms with Crippen molar-refractivity contribution >= 4 is 41.4 Å². The molecule has 3 rings (SSSR count). The van der Waals surface area contributed by atoms with E-state index in [4.69, 9.17) is 25.4 Å². The number of hydrogen-bond donors (Lipinski definition) is 3. The Kier molecular flexibility index (Phi) is 9.90. The molecule has 0 unspecified atom stereocenters. The molecular weight excluding hydrogens is 514 g/mol. The Morgan fingerprint density at radius 3 is 1.80 bits per heavy atom. The number of carbonyl (C=O) groups is 4. The molecule has 0 aliphatic carbocycles. The summed E-state index contributed by atoms with van der Waals surface area (Å²) >= 11 is 0. The van der Waals surface area contributed by atoms with Crippen molar-refractivity contribution in [1.29, 1.82) is 5.41 Å². The third-order valence-corrected chi connectivity index (χ3v) is 5.48. The maximum atomic E-state index is 12.9. The van der Waals surface area contributed by atoms with Crippen LogP contribution in [0.4, 0.5) is 5.69 Å². The minimum Gasteiger partial charge on any atom is -0.462 e. The van der Waals surface area contributed by atoms with Crippen LogP contribution in [0.2, 0.25) is 0 Å². The van der Waals surface area contributed by atoms with E-state index < -0.39 is 23.8 Å². The normalized spacial score (nSPS) is 10.8. The highest BCUT2D eigenvalue weighted by Crippen LogP contribution is 2.19. The van der Waals surface area contributed by atoms with Gasteiger partial charge in [-0.05, 0) is 87.0 Å². The minimum absolute atomic E-state index is 0.0860. The van der Waals surface area contributed by atoms with Crippen molar-refractivity contribution in [3.63, 3.8) is 0 Å². The average Bonchev–Trinajstić information content (AvgIpc) is 2.93. The maximum absolute atomic E-state index is 12.9. The fraction of sp³-hybridized carbons (Fsp3) is 0.167. The molecule has 0 spiro atoms. The van der Waals surface area contributed by atoms with E-state index in [2.05, 4.69) is 5.32 Å². The number of anilines is 1. The number of amides is 1. The van der Waals surface area contributed by atoms with Crippen molar-refractivity contribution in [2.24, 2.45) is 5.73 Å². The fourth-order valence-corrected chi connectivity index (χ4v) is 3.49. The Morgan fingerprint density at radius 2 is 1.30 bits per heavy atom. The number of nitrogen functional groups attached to an aromatic ring is 1. The smallest absolute Gasteiger partial charge is 0.343 e. The summed E-state index contributed by atoms with van der Waals surface area (Å²) in [5.41, 5.74) is 7.65. The van der Waals surface area contributed by atoms with Crippen molar-refractivity contribution in [2.75, 3.05) is 18.5 Å². The second-order valence-corrected chi connectivity index (χ2v) is 8.47. The topological polar surface area (TPSA) is 158 Å². The number of amidine groups is 1. The Hall–Kier alpha value is -5.25. The molecule has 10 nitrogen and oxygen atoms in total. The van der Waals surface area contributed by atoms with Gasteiger partial charge in [-0.25, -0.2) is 14.4 Å². The molecule has 206 valence electrons. The molecule has 0 radical (unpaired) electrons. The third-order valence-electron chi connectivity index (χ3n) is 5.48. The summed E-state index contributed by atoms with van der Waals surface area (Å²) in [6.45, 7) is 5.22. The van der Waals surface area contributed by atoms with Crippen molar-refractivity contribution < 1.29 is 33.4 Å². The number of nitrogens with two attached hydrogens (primary N) is 1. The van der Waals surface area contributed by atoms with Gasteiger partial charge in [0.1, 0.15) is 11.6 Å². The summed E-state index contributed by atoms with van der Waals surface area (Å²) in [6, 6.07) is 16.9. The minimum atomic E-state index is -0.636. The lowest BCUT2D eigenvalue weighted by Gasteiger charge is -2.11. The molecule has 0 aliphatic heterocycles. The Balaban J connectivity index is 1.71. The van der Waals surface area contributed by atoms with Gasteiger partial charge in [0.25, 0.3) is 5.91 Å². The first-order valence-corrected chi connectivity index (χ1v) is 12.4. The lowest BCUT2D eigenvalue weighted by atomic mass is 10.1. The van der Waals surface area contributed by atoms with Crippen LogP contribution in [-0.4, -0.2) is 42.9 Å². The van der Waals surface area contributed by atoms with Crippen LogP contribution in [0.1, 0.15) is 63.0 Å². The monoisotopic (exact) mass is 543 g/mol. The van der Waals surface area contributed by atoms with E-state index in [9.17, 15) is 19.2 Å². The Morgan fingerprint density at radius 1 is 0.775 bits per heavy atom. The molecule has 0 fully saturated rings. The van der Waals surface area contributed by atoms with E-state index >= 15 is 0 Å². The van der Waals surface area contributed by atoms with Gasteiger partial charge in [0.05, 0.1) is 29.9 Å². The first kappa shape index (κ1) is 29.3. The van der Waals surface area contributed by atoms with Gasteiger partial charge < -0.3 is 25.3 Å². The molecule has 3 aromatic rings. The SMILES string of the molecule is CCOC(=O)c1cc(NC(=O)C(C)=Cc2ccc(C(=O)Oc3ccc(C(=N)N)cc3)cc2)cc(C(=O)OCC)c1. The predicted molar refractivity (Wildman–Crippen MR) is 149 cm³/mol. The van der Waals surface area contributed by atoms with Gasteiger partial charge in [0, 0.05) is 16.8 Å². The zero-order valence-corrected chi connectivity index (χ0v) is 22.3. The van der Waals surface area contributed by atoms with Crippen molar-refractivity contribution in [3.8, 4) is 5.75 Å². The quantitative estimate of drug-likeness (QED) is 0.110. The van der Waals surface area contributed by atoms with Gasteiger partial charge in [-0.1, -0.05) is 12.1 Å². The van der Waals surface area contributed by atoms with Crippen molar-refractivity contribution in [2.45, 2.75) is 20.8 Å². The molecule has 4 N–H and O–H groups in total. The van der Waals surface area contributed by atoms with Crippen molar-refractivity contribution in [1.82, 2.24) is 0 Å². The predicted octanol–water partition coefficient (Wildman–Crippen LogP) is 4.59. The molecule has 0 heterocycles. The molecule has 40 heavy (non-hydrogen) atoms. The number of ether oxygens (including phenoxy) is 3. The Labute approximate surface area is 231 Å². The van der Waals surface area contributed by atoms with Gasteiger partial charge in [0.15, 0.2) is 0 Å². The van der Waals surface area contributed by atoms with E-state index in [1.54, 1.807) is 75.4 Å². The number of esters is 3. The Bertz CT molecular complexity index is 1420. The zero-order valence-electron chi connectivity index (χ0n) is 22.3. The zero-order chi connectivity index (χ0) is 29.2. The second-order valence-electron chi connectivity index (χ2n) is 8.47. The van der Waals surface area contributed by atoms with Crippen LogP contribution in [0, 0.1) is 5.41 Å². The number of rotatable bonds is 10. The largest absolute Gasteiger partial charge is 0.462 e. The summed E-state index contributed by atoms with van der Waals surface area (Å²) in [7, 11) is 0. The summed E-state index contributed by atoms with van der Waals surface area (Å²) < 4.78 is 15.4. The highest BCUT2D eigenvalue weighted by molar-refractivity contribution is 6.07. The van der Waals surface area contributed by atoms with Gasteiger partial charge in [-0.2, -0.15) is 0 Å². The van der Waals surface area contributed by atoms with Crippen LogP contribution in [0.5, 0.6) is 5.75 Å². The van der Waals surface area contributed by atoms with Gasteiger partial charge in [0.2, 0.25) is 0 Å². The van der Waals surface area contributed by atoms with Crippen LogP contribution in [0.15, 0.2) is 72.3 Å². The van der Waals surface area contributed by atoms with E-state index in [1.807, 2.05) is 0 Å². The standard InChI is InChI=1S/C30H29N3O7/c1-4-38-28(35)22-15-23(29(36)39-5-2)17-24(16-22)33-27(34)18(3)14-19-6-8-21(9-7-19)30(37)40-25-12-10-20(11-13-25)26(31)32/h6-17H,4-5H2,1-3H3,(H3,31,32)(H,33,34).